The molecule has 1 unspecified atom stereocenters. The third-order valence-corrected chi connectivity index (χ3v) is 5.53. The molecule has 2 aliphatic rings. The lowest BCUT2D eigenvalue weighted by Gasteiger charge is -2.36. The lowest BCUT2D eigenvalue weighted by molar-refractivity contribution is -0.00414. The summed E-state index contributed by atoms with van der Waals surface area (Å²) in [5.74, 6) is 0.129. The van der Waals surface area contributed by atoms with Crippen molar-refractivity contribution in [2.75, 3.05) is 19.8 Å². The molecule has 136 valence electrons. The summed E-state index contributed by atoms with van der Waals surface area (Å²) in [5.41, 5.74) is 5.52. The number of morpholine rings is 1. The van der Waals surface area contributed by atoms with Crippen molar-refractivity contribution < 1.29 is 9.53 Å². The van der Waals surface area contributed by atoms with Crippen LogP contribution in [-0.4, -0.2) is 46.6 Å². The van der Waals surface area contributed by atoms with Crippen LogP contribution in [0.4, 0.5) is 0 Å². The van der Waals surface area contributed by atoms with Crippen molar-refractivity contribution in [1.29, 1.82) is 0 Å². The Morgan fingerprint density at radius 3 is 2.96 bits per heavy atom. The molecule has 0 spiro atoms. The van der Waals surface area contributed by atoms with Gasteiger partial charge in [0.05, 0.1) is 30.6 Å². The van der Waals surface area contributed by atoms with Crippen LogP contribution in [0.15, 0.2) is 30.6 Å². The fourth-order valence-electron chi connectivity index (χ4n) is 4.02. The first-order valence-corrected chi connectivity index (χ1v) is 9.49. The second kappa shape index (κ2) is 7.54. The number of hydrogen-bond donors (Lipinski definition) is 0. The predicted molar refractivity (Wildman–Crippen MR) is 99.2 cm³/mol. The van der Waals surface area contributed by atoms with E-state index in [4.69, 9.17) is 4.74 Å². The molecule has 2 aromatic rings. The minimum Gasteiger partial charge on any atom is -0.377 e. The first kappa shape index (κ1) is 17.2. The molecule has 1 saturated heterocycles. The molecule has 0 bridgehead atoms. The maximum Gasteiger partial charge on any atom is 0.254 e. The number of carbonyl (C=O) groups excluding carboxylic acids is 1. The summed E-state index contributed by atoms with van der Waals surface area (Å²) in [6.45, 7) is 3.83. The van der Waals surface area contributed by atoms with Crippen LogP contribution in [-0.2, 0) is 24.0 Å². The van der Waals surface area contributed by atoms with Crippen molar-refractivity contribution in [3.8, 4) is 0 Å². The van der Waals surface area contributed by atoms with Crippen LogP contribution in [0.25, 0.3) is 0 Å². The van der Waals surface area contributed by atoms with Crippen LogP contribution < -0.4 is 0 Å². The molecule has 2 heterocycles. The second-order valence-electron chi connectivity index (χ2n) is 7.19. The van der Waals surface area contributed by atoms with E-state index < -0.39 is 0 Å². The van der Waals surface area contributed by atoms with Gasteiger partial charge in [0.25, 0.3) is 5.91 Å². The van der Waals surface area contributed by atoms with Crippen molar-refractivity contribution in [3.05, 3.63) is 58.7 Å². The normalized spacial score (nSPS) is 19.4. The van der Waals surface area contributed by atoms with Crippen LogP contribution in [0.3, 0.4) is 0 Å². The van der Waals surface area contributed by atoms with Gasteiger partial charge in [-0.1, -0.05) is 6.07 Å². The fraction of sp³-hybridized carbons (Fsp3) is 0.476. The molecule has 0 radical (unpaired) electrons. The van der Waals surface area contributed by atoms with Gasteiger partial charge in [-0.05, 0) is 62.3 Å². The van der Waals surface area contributed by atoms with E-state index >= 15 is 0 Å². The molecular weight excluding hydrogens is 326 g/mol. The molecule has 4 rings (SSSR count). The largest absolute Gasteiger partial charge is 0.377 e. The van der Waals surface area contributed by atoms with E-state index in [2.05, 4.69) is 22.1 Å². The van der Waals surface area contributed by atoms with Gasteiger partial charge in [-0.2, -0.15) is 0 Å². The monoisotopic (exact) mass is 351 g/mol. The summed E-state index contributed by atoms with van der Waals surface area (Å²) in [4.78, 5) is 23.8. The molecule has 1 aromatic heterocycles. The Hall–Kier alpha value is -2.27. The second-order valence-corrected chi connectivity index (χ2v) is 7.19. The summed E-state index contributed by atoms with van der Waals surface area (Å²) in [6, 6.07) is 6.31. The molecule has 26 heavy (non-hydrogen) atoms. The van der Waals surface area contributed by atoms with Crippen molar-refractivity contribution in [2.45, 2.75) is 45.1 Å². The first-order chi connectivity index (χ1) is 12.7. The maximum atomic E-state index is 13.1. The lowest BCUT2D eigenvalue weighted by Crippen LogP contribution is -2.49. The van der Waals surface area contributed by atoms with Crippen LogP contribution in [0, 0.1) is 6.92 Å². The molecule has 0 saturated carbocycles. The summed E-state index contributed by atoms with van der Waals surface area (Å²) >= 11 is 0. The number of benzene rings is 1. The Morgan fingerprint density at radius 2 is 2.08 bits per heavy atom. The van der Waals surface area contributed by atoms with Gasteiger partial charge in [-0.25, -0.2) is 0 Å². The highest BCUT2D eigenvalue weighted by molar-refractivity contribution is 5.94. The molecule has 1 aliphatic heterocycles. The molecular formula is C21H25N3O2. The van der Waals surface area contributed by atoms with Crippen LogP contribution in [0.1, 0.15) is 45.7 Å². The average Bonchev–Trinajstić information content (AvgIpc) is 3.15. The van der Waals surface area contributed by atoms with Gasteiger partial charge < -0.3 is 9.64 Å². The number of rotatable bonds is 4. The maximum absolute atomic E-state index is 13.1. The van der Waals surface area contributed by atoms with E-state index in [1.807, 2.05) is 17.9 Å². The van der Waals surface area contributed by atoms with Crippen LogP contribution in [0.5, 0.6) is 0 Å². The topological polar surface area (TPSA) is 55.3 Å². The van der Waals surface area contributed by atoms with E-state index in [1.54, 1.807) is 12.4 Å². The summed E-state index contributed by atoms with van der Waals surface area (Å²) in [5, 5.41) is 0. The van der Waals surface area contributed by atoms with Gasteiger partial charge in [0.15, 0.2) is 0 Å². The van der Waals surface area contributed by atoms with Crippen molar-refractivity contribution in [3.63, 3.8) is 0 Å². The molecule has 1 aliphatic carbocycles. The molecule has 5 heteroatoms. The SMILES string of the molecule is Cc1nccnc1CCC1COCCN1C(=O)c1ccc2c(c1)CCC2. The predicted octanol–water partition coefficient (Wildman–Crippen LogP) is 2.75. The van der Waals surface area contributed by atoms with Gasteiger partial charge >= 0.3 is 0 Å². The third kappa shape index (κ3) is 3.49. The summed E-state index contributed by atoms with van der Waals surface area (Å²) < 4.78 is 5.66. The summed E-state index contributed by atoms with van der Waals surface area (Å²) in [6.07, 6.45) is 8.53. The van der Waals surface area contributed by atoms with Gasteiger partial charge in [0.2, 0.25) is 0 Å². The van der Waals surface area contributed by atoms with Gasteiger partial charge in [-0.15, -0.1) is 0 Å². The van der Waals surface area contributed by atoms with Crippen molar-refractivity contribution >= 4 is 5.91 Å². The zero-order valence-corrected chi connectivity index (χ0v) is 15.3. The summed E-state index contributed by atoms with van der Waals surface area (Å²) in [7, 11) is 0. The average molecular weight is 351 g/mol. The van der Waals surface area contributed by atoms with Gasteiger partial charge in [-0.3, -0.25) is 14.8 Å². The number of aromatic nitrogens is 2. The van der Waals surface area contributed by atoms with Crippen molar-refractivity contribution in [2.24, 2.45) is 0 Å². The van der Waals surface area contributed by atoms with E-state index in [9.17, 15) is 4.79 Å². The Kier molecular flexibility index (Phi) is 4.98. The number of carbonyl (C=O) groups is 1. The standard InChI is InChI=1S/C21H25N3O2/c1-15-20(23-10-9-22-15)8-7-19-14-26-12-11-24(19)21(25)18-6-5-16-3-2-4-17(16)13-18/h5-6,9-10,13,19H,2-4,7-8,11-12,14H2,1H3. The van der Waals surface area contributed by atoms with E-state index in [1.165, 1.54) is 17.5 Å². The van der Waals surface area contributed by atoms with Gasteiger partial charge in [0.1, 0.15) is 0 Å². The Bertz CT molecular complexity index is 806. The third-order valence-electron chi connectivity index (χ3n) is 5.53. The number of amides is 1. The smallest absolute Gasteiger partial charge is 0.254 e. The first-order valence-electron chi connectivity index (χ1n) is 9.49. The van der Waals surface area contributed by atoms with E-state index in [-0.39, 0.29) is 11.9 Å². The van der Waals surface area contributed by atoms with Crippen molar-refractivity contribution in [1.82, 2.24) is 14.9 Å². The molecule has 1 aromatic carbocycles. The highest BCUT2D eigenvalue weighted by atomic mass is 16.5. The zero-order chi connectivity index (χ0) is 17.9. The Morgan fingerprint density at radius 1 is 1.23 bits per heavy atom. The molecule has 0 N–H and O–H groups in total. The molecule has 5 nitrogen and oxygen atoms in total. The minimum atomic E-state index is 0.0888. The number of aryl methyl sites for hydroxylation is 4. The highest BCUT2D eigenvalue weighted by Crippen LogP contribution is 2.24. The van der Waals surface area contributed by atoms with Crippen LogP contribution in [0.2, 0.25) is 0 Å². The minimum absolute atomic E-state index is 0.0888. The highest BCUT2D eigenvalue weighted by Gasteiger charge is 2.28. The van der Waals surface area contributed by atoms with E-state index in [0.717, 1.165) is 42.6 Å². The number of nitrogens with zero attached hydrogens (tertiary/aromatic N) is 3. The molecule has 1 fully saturated rings. The van der Waals surface area contributed by atoms with E-state index in [0.29, 0.717) is 19.8 Å². The lowest BCUT2D eigenvalue weighted by atomic mass is 10.0. The number of hydrogen-bond acceptors (Lipinski definition) is 4. The molecule has 1 amide bonds. The Balaban J connectivity index is 1.48. The Labute approximate surface area is 154 Å². The quantitative estimate of drug-likeness (QED) is 0.850. The van der Waals surface area contributed by atoms with Gasteiger partial charge in [0, 0.05) is 24.5 Å². The van der Waals surface area contributed by atoms with Crippen LogP contribution >= 0.6 is 0 Å². The molecule has 1 atom stereocenters. The fourth-order valence-corrected chi connectivity index (χ4v) is 4.02. The number of ether oxygens (including phenoxy) is 1. The number of fused-ring (bicyclic) bond motifs is 1. The zero-order valence-electron chi connectivity index (χ0n) is 15.3.